The molecule has 2 unspecified atom stereocenters. The molecule has 0 aliphatic rings. The molecular formula is C64H108NO8+. The Morgan fingerprint density at radius 3 is 1.10 bits per heavy atom. The van der Waals surface area contributed by atoms with Crippen LogP contribution >= 0.6 is 0 Å². The zero-order chi connectivity index (χ0) is 53.4. The van der Waals surface area contributed by atoms with Crippen molar-refractivity contribution in [2.24, 2.45) is 0 Å². The molecule has 0 aliphatic heterocycles. The standard InChI is InChI=1S/C64H107NO8/c1-6-8-10-12-14-16-18-20-22-24-26-28-30-31-33-35-37-39-41-43-45-47-49-51-53-55-62(67)73-60(59-72-64(63(68)69)70-57-56-65(3,4)5)58-71-61(66)54-52-50-48-46-44-42-40-38-36-34-32-29-27-25-23-21-19-17-15-13-11-9-7-2/h8-11,14-17,20-23,26-29,31,33,60,64H,6-7,12-13,18-19,24-25,30,32,34-59H2,1-5H3/p+1/b10-8-,11-9-,16-14-,17-15-,22-20-,23-21-,28-26-,29-27-,33-31-. The molecule has 0 radical (unpaired) electrons. The van der Waals surface area contributed by atoms with Crippen molar-refractivity contribution in [3.63, 3.8) is 0 Å². The van der Waals surface area contributed by atoms with Gasteiger partial charge in [-0.3, -0.25) is 9.59 Å². The summed E-state index contributed by atoms with van der Waals surface area (Å²) in [4.78, 5) is 37.5. The van der Waals surface area contributed by atoms with Gasteiger partial charge in [0.1, 0.15) is 13.2 Å². The van der Waals surface area contributed by atoms with E-state index in [0.29, 0.717) is 17.4 Å². The fourth-order valence-corrected chi connectivity index (χ4v) is 7.62. The maximum atomic E-state index is 12.9. The number of hydrogen-bond acceptors (Lipinski definition) is 7. The van der Waals surface area contributed by atoms with Crippen molar-refractivity contribution in [1.82, 2.24) is 0 Å². The number of hydrogen-bond donors (Lipinski definition) is 1. The van der Waals surface area contributed by atoms with Crippen molar-refractivity contribution in [2.45, 2.75) is 232 Å². The van der Waals surface area contributed by atoms with Crippen LogP contribution < -0.4 is 0 Å². The van der Waals surface area contributed by atoms with E-state index < -0.39 is 24.3 Å². The monoisotopic (exact) mass is 1020 g/mol. The van der Waals surface area contributed by atoms with Gasteiger partial charge in [0.15, 0.2) is 6.10 Å². The Balaban J connectivity index is 4.29. The van der Waals surface area contributed by atoms with Crippen LogP contribution in [0.15, 0.2) is 109 Å². The van der Waals surface area contributed by atoms with Gasteiger partial charge in [-0.2, -0.15) is 0 Å². The molecule has 0 saturated carbocycles. The summed E-state index contributed by atoms with van der Waals surface area (Å²) in [7, 11) is 5.96. The number of allylic oxidation sites excluding steroid dienone is 18. The molecule has 9 nitrogen and oxygen atoms in total. The highest BCUT2D eigenvalue weighted by Gasteiger charge is 2.25. The normalized spacial score (nSPS) is 13.6. The number of ether oxygens (including phenoxy) is 4. The zero-order valence-electron chi connectivity index (χ0n) is 47.3. The quantitative estimate of drug-likeness (QED) is 0.0211. The third-order valence-electron chi connectivity index (χ3n) is 12.0. The smallest absolute Gasteiger partial charge is 0.361 e. The van der Waals surface area contributed by atoms with Crippen LogP contribution in [0.1, 0.15) is 219 Å². The molecule has 73 heavy (non-hydrogen) atoms. The van der Waals surface area contributed by atoms with E-state index in [1.807, 2.05) is 21.1 Å². The Bertz CT molecular complexity index is 1560. The predicted octanol–water partition coefficient (Wildman–Crippen LogP) is 17.1. The Morgan fingerprint density at radius 2 is 0.740 bits per heavy atom. The number of quaternary nitrogens is 1. The van der Waals surface area contributed by atoms with Gasteiger partial charge in [0.2, 0.25) is 0 Å². The van der Waals surface area contributed by atoms with Crippen LogP contribution in [0.4, 0.5) is 0 Å². The van der Waals surface area contributed by atoms with Gasteiger partial charge in [0, 0.05) is 12.8 Å². The molecule has 1 N–H and O–H groups in total. The van der Waals surface area contributed by atoms with Gasteiger partial charge in [-0.15, -0.1) is 0 Å². The van der Waals surface area contributed by atoms with Crippen LogP contribution in [0.3, 0.4) is 0 Å². The van der Waals surface area contributed by atoms with Gasteiger partial charge in [-0.05, 0) is 96.3 Å². The maximum absolute atomic E-state index is 12.9. The Labute approximate surface area is 447 Å². The minimum absolute atomic E-state index is 0.180. The second-order valence-electron chi connectivity index (χ2n) is 20.2. The summed E-state index contributed by atoms with van der Waals surface area (Å²) in [6.45, 7) is 4.63. The topological polar surface area (TPSA) is 108 Å². The van der Waals surface area contributed by atoms with Crippen molar-refractivity contribution >= 4 is 17.9 Å². The molecule has 0 rings (SSSR count). The fraction of sp³-hybridized carbons (Fsp3) is 0.672. The average molecular weight is 1020 g/mol. The van der Waals surface area contributed by atoms with Crippen LogP contribution in [0, 0.1) is 0 Å². The van der Waals surface area contributed by atoms with E-state index in [9.17, 15) is 19.5 Å². The van der Waals surface area contributed by atoms with E-state index in [1.54, 1.807) is 0 Å². The number of unbranched alkanes of at least 4 members (excludes halogenated alkanes) is 19. The van der Waals surface area contributed by atoms with Crippen LogP contribution in [-0.2, 0) is 33.3 Å². The number of carbonyl (C=O) groups is 3. The highest BCUT2D eigenvalue weighted by Crippen LogP contribution is 2.15. The van der Waals surface area contributed by atoms with Crippen molar-refractivity contribution in [3.8, 4) is 0 Å². The minimum atomic E-state index is -1.52. The Kier molecular flexibility index (Phi) is 51.2. The van der Waals surface area contributed by atoms with Crippen LogP contribution in [0.5, 0.6) is 0 Å². The molecule has 0 saturated heterocycles. The van der Waals surface area contributed by atoms with Gasteiger partial charge in [-0.25, -0.2) is 4.79 Å². The number of nitrogens with zero attached hydrogens (tertiary/aromatic N) is 1. The molecule has 9 heteroatoms. The number of carboxylic acids is 1. The minimum Gasteiger partial charge on any atom is -0.477 e. The van der Waals surface area contributed by atoms with E-state index in [0.717, 1.165) is 109 Å². The van der Waals surface area contributed by atoms with Gasteiger partial charge in [-0.1, -0.05) is 220 Å². The lowest BCUT2D eigenvalue weighted by atomic mass is 10.1. The van der Waals surface area contributed by atoms with Crippen molar-refractivity contribution in [3.05, 3.63) is 109 Å². The maximum Gasteiger partial charge on any atom is 0.361 e. The first-order valence-electron chi connectivity index (χ1n) is 29.1. The van der Waals surface area contributed by atoms with Crippen molar-refractivity contribution in [1.29, 1.82) is 0 Å². The number of likely N-dealkylation sites (N-methyl/N-ethyl adjacent to an activating group) is 1. The number of esters is 2. The summed E-state index contributed by atoms with van der Waals surface area (Å²) in [6.07, 6.45) is 71.6. The van der Waals surface area contributed by atoms with Crippen molar-refractivity contribution in [2.75, 3.05) is 47.5 Å². The molecule has 2 atom stereocenters. The molecular weight excluding hydrogens is 911 g/mol. The fourth-order valence-electron chi connectivity index (χ4n) is 7.62. The van der Waals surface area contributed by atoms with E-state index in [2.05, 4.69) is 123 Å². The van der Waals surface area contributed by atoms with Crippen LogP contribution in [0.25, 0.3) is 0 Å². The lowest BCUT2D eigenvalue weighted by Gasteiger charge is -2.25. The molecule has 0 aliphatic carbocycles. The molecule has 416 valence electrons. The third kappa shape index (κ3) is 55.5. The van der Waals surface area contributed by atoms with Crippen LogP contribution in [0.2, 0.25) is 0 Å². The Morgan fingerprint density at radius 1 is 0.411 bits per heavy atom. The number of rotatable bonds is 52. The first-order chi connectivity index (χ1) is 35.6. The lowest BCUT2D eigenvalue weighted by Crippen LogP contribution is -2.40. The largest absolute Gasteiger partial charge is 0.477 e. The zero-order valence-corrected chi connectivity index (χ0v) is 47.3. The van der Waals surface area contributed by atoms with Gasteiger partial charge < -0.3 is 28.5 Å². The van der Waals surface area contributed by atoms with E-state index in [4.69, 9.17) is 18.9 Å². The van der Waals surface area contributed by atoms with Gasteiger partial charge in [0.25, 0.3) is 6.29 Å². The van der Waals surface area contributed by atoms with Gasteiger partial charge in [0.05, 0.1) is 34.4 Å². The first kappa shape index (κ1) is 69.0. The van der Waals surface area contributed by atoms with Crippen LogP contribution in [-0.4, -0.2) is 87.4 Å². The Hall–Kier alpha value is -4.05. The summed E-state index contributed by atoms with van der Waals surface area (Å²) in [5, 5.41) is 9.71. The molecule has 0 heterocycles. The summed E-state index contributed by atoms with van der Waals surface area (Å²) < 4.78 is 22.9. The van der Waals surface area contributed by atoms with E-state index in [1.165, 1.54) is 77.0 Å². The molecule has 0 spiro atoms. The summed E-state index contributed by atoms with van der Waals surface area (Å²) in [5.41, 5.74) is 0. The predicted molar refractivity (Wildman–Crippen MR) is 308 cm³/mol. The molecule has 0 aromatic rings. The first-order valence-corrected chi connectivity index (χ1v) is 29.1. The average Bonchev–Trinajstić information content (AvgIpc) is 3.36. The van der Waals surface area contributed by atoms with Crippen molar-refractivity contribution < 1.29 is 42.9 Å². The number of carboxylic acid groups (broad SMARTS) is 1. The second-order valence-corrected chi connectivity index (χ2v) is 20.2. The third-order valence-corrected chi connectivity index (χ3v) is 12.0. The highest BCUT2D eigenvalue weighted by atomic mass is 16.7. The number of carbonyl (C=O) groups excluding carboxylic acids is 2. The molecule has 0 fully saturated rings. The summed E-state index contributed by atoms with van der Waals surface area (Å²) >= 11 is 0. The molecule has 0 bridgehead atoms. The lowest BCUT2D eigenvalue weighted by molar-refractivity contribution is -0.870. The van der Waals surface area contributed by atoms with E-state index >= 15 is 0 Å². The second kappa shape index (κ2) is 54.2. The summed E-state index contributed by atoms with van der Waals surface area (Å²) in [5.74, 6) is -2.03. The molecule has 0 amide bonds. The molecule has 0 aromatic carbocycles. The number of aliphatic carboxylic acids is 1. The van der Waals surface area contributed by atoms with Gasteiger partial charge >= 0.3 is 17.9 Å². The SMILES string of the molecule is CC/C=C\C/C=C\C/C=C\C/C=C\C/C=C\CCCCCCCCCCCC(=O)OC(COC(=O)CCCCCCCCCCCC/C=C\C/C=C\C/C=C\C/C=C\CC)COC(OCC[N+](C)(C)C)C(=O)O. The summed E-state index contributed by atoms with van der Waals surface area (Å²) in [6, 6.07) is 0. The molecule has 0 aromatic heterocycles. The van der Waals surface area contributed by atoms with E-state index in [-0.39, 0.29) is 38.6 Å². The highest BCUT2D eigenvalue weighted by molar-refractivity contribution is 5.71.